The molecule has 0 unspecified atom stereocenters. The van der Waals surface area contributed by atoms with Crippen molar-refractivity contribution in [1.29, 1.82) is 0 Å². The third kappa shape index (κ3) is 4.76. The molecule has 29 heavy (non-hydrogen) atoms. The van der Waals surface area contributed by atoms with E-state index in [9.17, 15) is 9.59 Å². The number of rotatable bonds is 7. The topological polar surface area (TPSA) is 83.9 Å². The monoisotopic (exact) mass is 453 g/mol. The fourth-order valence-corrected chi connectivity index (χ4v) is 4.01. The van der Waals surface area contributed by atoms with Crippen LogP contribution in [0.2, 0.25) is 10.0 Å². The Balaban J connectivity index is 2.20. The highest BCUT2D eigenvalue weighted by molar-refractivity contribution is 7.99. The number of halogens is 2. The van der Waals surface area contributed by atoms with Crippen molar-refractivity contribution >= 4 is 51.9 Å². The number of fused-ring (bicyclic) bond motifs is 1. The molecule has 3 rings (SSSR count). The number of unbranched alkanes of at least 4 members (excludes halogenated alkanes) is 1. The molecule has 0 aliphatic rings. The molecule has 1 N–H and O–H groups in total. The summed E-state index contributed by atoms with van der Waals surface area (Å²) in [5.41, 5.74) is 0.114. The fourth-order valence-electron chi connectivity index (χ4n) is 2.77. The van der Waals surface area contributed by atoms with Gasteiger partial charge in [0.2, 0.25) is 0 Å². The standard InChI is InChI=1S/C19H21Cl2N5O2S/c1-4-5-8-29-19-23-15(25(2)3)14-16(24-19)26(18(28)17(27)22-14)10-11-6-7-12(20)13(21)9-11/h6-7,9H,4-5,8,10H2,1-3H3,(H,22,27). The molecule has 0 atom stereocenters. The van der Waals surface area contributed by atoms with Gasteiger partial charge in [-0.15, -0.1) is 0 Å². The zero-order chi connectivity index (χ0) is 21.1. The first-order valence-corrected chi connectivity index (χ1v) is 10.8. The molecule has 0 saturated carbocycles. The second-order valence-corrected chi connectivity index (χ2v) is 8.60. The highest BCUT2D eigenvalue weighted by atomic mass is 35.5. The number of benzene rings is 1. The number of hydrogen-bond donors (Lipinski definition) is 1. The van der Waals surface area contributed by atoms with Gasteiger partial charge in [0.25, 0.3) is 0 Å². The summed E-state index contributed by atoms with van der Waals surface area (Å²) in [4.78, 5) is 38.6. The van der Waals surface area contributed by atoms with Crippen molar-refractivity contribution in [3.8, 4) is 0 Å². The number of anilines is 1. The number of nitrogens with one attached hydrogen (secondary N) is 1. The van der Waals surface area contributed by atoms with Gasteiger partial charge in [-0.25, -0.2) is 9.97 Å². The van der Waals surface area contributed by atoms with E-state index >= 15 is 0 Å². The Morgan fingerprint density at radius 3 is 2.59 bits per heavy atom. The van der Waals surface area contributed by atoms with Crippen molar-refractivity contribution in [2.75, 3.05) is 24.7 Å². The largest absolute Gasteiger partial charge is 0.361 e. The van der Waals surface area contributed by atoms with Crippen molar-refractivity contribution in [2.24, 2.45) is 0 Å². The first kappa shape index (κ1) is 21.7. The first-order valence-electron chi connectivity index (χ1n) is 9.10. The van der Waals surface area contributed by atoms with Gasteiger partial charge in [0.05, 0.1) is 16.6 Å². The molecule has 0 radical (unpaired) electrons. The smallest absolute Gasteiger partial charge is 0.318 e. The lowest BCUT2D eigenvalue weighted by Gasteiger charge is -2.17. The van der Waals surface area contributed by atoms with Gasteiger partial charge in [-0.05, 0) is 24.1 Å². The SMILES string of the molecule is CCCCSc1nc(N(C)C)c2[nH]c(=O)c(=O)n(Cc3ccc(Cl)c(Cl)c3)c2n1. The summed E-state index contributed by atoms with van der Waals surface area (Å²) < 4.78 is 1.35. The summed E-state index contributed by atoms with van der Waals surface area (Å²) in [6.07, 6.45) is 2.10. The van der Waals surface area contributed by atoms with Crippen LogP contribution >= 0.6 is 35.0 Å². The molecule has 10 heteroatoms. The van der Waals surface area contributed by atoms with Crippen molar-refractivity contribution in [2.45, 2.75) is 31.5 Å². The summed E-state index contributed by atoms with van der Waals surface area (Å²) >= 11 is 13.6. The van der Waals surface area contributed by atoms with Gasteiger partial charge < -0.3 is 9.88 Å². The van der Waals surface area contributed by atoms with Crippen LogP contribution in [0.25, 0.3) is 11.2 Å². The highest BCUT2D eigenvalue weighted by Gasteiger charge is 2.17. The second-order valence-electron chi connectivity index (χ2n) is 6.72. The van der Waals surface area contributed by atoms with E-state index in [4.69, 9.17) is 23.2 Å². The summed E-state index contributed by atoms with van der Waals surface area (Å²) in [5.74, 6) is 1.42. The van der Waals surface area contributed by atoms with Crippen LogP contribution in [0.15, 0.2) is 32.9 Å². The van der Waals surface area contributed by atoms with E-state index in [0.717, 1.165) is 24.2 Å². The van der Waals surface area contributed by atoms with Crippen LogP contribution in [-0.2, 0) is 6.54 Å². The van der Waals surface area contributed by atoms with Gasteiger partial charge in [-0.3, -0.25) is 14.2 Å². The maximum absolute atomic E-state index is 12.7. The average Bonchev–Trinajstić information content (AvgIpc) is 2.68. The Bertz CT molecular complexity index is 1160. The lowest BCUT2D eigenvalue weighted by atomic mass is 10.2. The Kier molecular flexibility index (Phi) is 6.87. The van der Waals surface area contributed by atoms with Crippen molar-refractivity contribution in [3.05, 3.63) is 54.5 Å². The van der Waals surface area contributed by atoms with E-state index < -0.39 is 11.1 Å². The first-order chi connectivity index (χ1) is 13.8. The molecule has 2 aromatic heterocycles. The van der Waals surface area contributed by atoms with Gasteiger partial charge in [-0.2, -0.15) is 0 Å². The Morgan fingerprint density at radius 1 is 1.17 bits per heavy atom. The van der Waals surface area contributed by atoms with E-state index in [2.05, 4.69) is 21.9 Å². The normalized spacial score (nSPS) is 11.2. The number of aromatic nitrogens is 4. The molecule has 7 nitrogen and oxygen atoms in total. The lowest BCUT2D eigenvalue weighted by molar-refractivity contribution is 0.752. The maximum Gasteiger partial charge on any atom is 0.318 e. The van der Waals surface area contributed by atoms with Gasteiger partial charge in [0.1, 0.15) is 5.52 Å². The molecular weight excluding hydrogens is 433 g/mol. The van der Waals surface area contributed by atoms with E-state index in [0.29, 0.717) is 32.2 Å². The number of thioether (sulfide) groups is 1. The van der Waals surface area contributed by atoms with Crippen LogP contribution in [0.1, 0.15) is 25.3 Å². The van der Waals surface area contributed by atoms with Crippen LogP contribution in [0.5, 0.6) is 0 Å². The summed E-state index contributed by atoms with van der Waals surface area (Å²) in [7, 11) is 3.66. The summed E-state index contributed by atoms with van der Waals surface area (Å²) in [5, 5.41) is 1.36. The minimum Gasteiger partial charge on any atom is -0.361 e. The summed E-state index contributed by atoms with van der Waals surface area (Å²) in [6, 6.07) is 5.10. The quantitative estimate of drug-likeness (QED) is 0.253. The molecule has 0 bridgehead atoms. The van der Waals surface area contributed by atoms with Crippen molar-refractivity contribution < 1.29 is 0 Å². The minimum atomic E-state index is -0.726. The third-order valence-electron chi connectivity index (χ3n) is 4.26. The predicted molar refractivity (Wildman–Crippen MR) is 120 cm³/mol. The molecule has 2 heterocycles. The van der Waals surface area contributed by atoms with Crippen molar-refractivity contribution in [1.82, 2.24) is 19.5 Å². The Labute approximate surface area is 182 Å². The fraction of sp³-hybridized carbons (Fsp3) is 0.368. The minimum absolute atomic E-state index is 0.138. The Morgan fingerprint density at radius 2 is 1.93 bits per heavy atom. The predicted octanol–water partition coefficient (Wildman–Crippen LogP) is 3.79. The third-order valence-corrected chi connectivity index (χ3v) is 5.93. The second kappa shape index (κ2) is 9.19. The number of hydrogen-bond acceptors (Lipinski definition) is 6. The zero-order valence-electron chi connectivity index (χ0n) is 16.3. The van der Waals surface area contributed by atoms with Crippen LogP contribution in [-0.4, -0.2) is 39.4 Å². The lowest BCUT2D eigenvalue weighted by Crippen LogP contribution is -2.37. The van der Waals surface area contributed by atoms with Crippen LogP contribution in [0.3, 0.4) is 0 Å². The highest BCUT2D eigenvalue weighted by Crippen LogP contribution is 2.26. The van der Waals surface area contributed by atoms with Gasteiger partial charge in [0, 0.05) is 19.8 Å². The number of nitrogens with zero attached hydrogens (tertiary/aromatic N) is 4. The average molecular weight is 454 g/mol. The molecule has 1 aromatic carbocycles. The molecule has 0 saturated heterocycles. The van der Waals surface area contributed by atoms with Gasteiger partial charge in [-0.1, -0.05) is 54.4 Å². The van der Waals surface area contributed by atoms with E-state index in [1.165, 1.54) is 16.3 Å². The molecule has 0 aliphatic heterocycles. The van der Waals surface area contributed by atoms with Crippen LogP contribution < -0.4 is 16.0 Å². The molecule has 0 fully saturated rings. The molecule has 3 aromatic rings. The van der Waals surface area contributed by atoms with E-state index in [-0.39, 0.29) is 6.54 Å². The van der Waals surface area contributed by atoms with E-state index in [1.54, 1.807) is 23.1 Å². The molecule has 0 amide bonds. The molecule has 0 spiro atoms. The number of H-pyrrole nitrogens is 1. The van der Waals surface area contributed by atoms with Gasteiger partial charge in [0.15, 0.2) is 16.6 Å². The molecule has 154 valence electrons. The summed E-state index contributed by atoms with van der Waals surface area (Å²) in [6.45, 7) is 2.26. The number of aromatic amines is 1. The van der Waals surface area contributed by atoms with E-state index in [1.807, 2.05) is 14.1 Å². The Hall–Kier alpha value is -2.03. The molecular formula is C19H21Cl2N5O2S. The van der Waals surface area contributed by atoms with Crippen LogP contribution in [0, 0.1) is 0 Å². The molecule has 0 aliphatic carbocycles. The maximum atomic E-state index is 12.7. The van der Waals surface area contributed by atoms with Crippen molar-refractivity contribution in [3.63, 3.8) is 0 Å². The van der Waals surface area contributed by atoms with Gasteiger partial charge >= 0.3 is 11.1 Å². The van der Waals surface area contributed by atoms with Crippen LogP contribution in [0.4, 0.5) is 5.82 Å². The zero-order valence-corrected chi connectivity index (χ0v) is 18.7.